The van der Waals surface area contributed by atoms with Crippen molar-refractivity contribution in [3.05, 3.63) is 77.8 Å². The van der Waals surface area contributed by atoms with Crippen molar-refractivity contribution >= 4 is 0 Å². The van der Waals surface area contributed by atoms with Gasteiger partial charge in [-0.2, -0.15) is 38.6 Å². The SMILES string of the molecule is [CH2-]C.[CH2-]C.[CH3-].[CH3-].[Ru+6].[Ru].c1cc[n-]c1.c1cc[n-]c1. The van der Waals surface area contributed by atoms with E-state index in [2.05, 4.69) is 23.8 Å². The summed E-state index contributed by atoms with van der Waals surface area (Å²) in [6.45, 7) is 10.0. The maximum Gasteiger partial charge on any atom is 6.00 e. The van der Waals surface area contributed by atoms with E-state index in [0.717, 1.165) is 0 Å². The fraction of sp³-hybridized carbons (Fsp3) is 0.143. The van der Waals surface area contributed by atoms with Crippen LogP contribution in [0.25, 0.3) is 0 Å². The molecule has 2 aromatic rings. The van der Waals surface area contributed by atoms with Crippen LogP contribution in [0.4, 0.5) is 0 Å². The van der Waals surface area contributed by atoms with E-state index in [1.807, 2.05) is 24.3 Å². The Morgan fingerprint density at radius 3 is 0.833 bits per heavy atom. The van der Waals surface area contributed by atoms with Crippen LogP contribution in [-0.2, 0) is 39.0 Å². The molecule has 0 saturated heterocycles. The average molecular weight is 422 g/mol. The number of rotatable bonds is 0. The first-order valence-electron chi connectivity index (χ1n) is 4.45. The minimum absolute atomic E-state index is 0. The van der Waals surface area contributed by atoms with Crippen LogP contribution in [0.1, 0.15) is 13.8 Å². The standard InChI is InChI=1S/2C4H4N.2C2H5.2CH3.2Ru/c2*1-2-4-5-3-1;2*1-2;;;;/h2*1-4H;2*1H2,2H3;2*1H3;;/q6*-1;;+6. The first-order chi connectivity index (χ1) is 7.00. The average Bonchev–Trinajstić information content (AvgIpc) is 3.01. The largest absolute Gasteiger partial charge is 6.00 e. The Morgan fingerprint density at radius 1 is 0.611 bits per heavy atom. The second kappa shape index (κ2) is 43.7. The molecule has 106 valence electrons. The van der Waals surface area contributed by atoms with E-state index in [1.165, 1.54) is 0 Å². The summed E-state index contributed by atoms with van der Waals surface area (Å²) in [4.78, 5) is 7.44. The Morgan fingerprint density at radius 2 is 0.778 bits per heavy atom. The summed E-state index contributed by atoms with van der Waals surface area (Å²) < 4.78 is 0. The number of hydrogen-bond donors (Lipinski definition) is 0. The van der Waals surface area contributed by atoms with E-state index >= 15 is 0 Å². The Labute approximate surface area is 140 Å². The van der Waals surface area contributed by atoms with Gasteiger partial charge in [-0.3, -0.25) is 0 Å². The molecular weight excluding hydrogens is 398 g/mol. The summed E-state index contributed by atoms with van der Waals surface area (Å²) in [5.41, 5.74) is 0. The van der Waals surface area contributed by atoms with E-state index in [-0.39, 0.29) is 53.8 Å². The molecule has 0 fully saturated rings. The zero-order chi connectivity index (χ0) is 11.1. The molecule has 0 spiro atoms. The van der Waals surface area contributed by atoms with Gasteiger partial charge in [0.25, 0.3) is 0 Å². The minimum Gasteiger partial charge on any atom is -0.670 e. The Kier molecular flexibility index (Phi) is 87.5. The number of hydrogen-bond acceptors (Lipinski definition) is 0. The van der Waals surface area contributed by atoms with Gasteiger partial charge in [-0.15, -0.1) is 0 Å². The molecule has 0 amide bonds. The quantitative estimate of drug-likeness (QED) is 0.476. The van der Waals surface area contributed by atoms with Crippen LogP contribution in [0.2, 0.25) is 0 Å². The summed E-state index contributed by atoms with van der Waals surface area (Å²) >= 11 is 0. The summed E-state index contributed by atoms with van der Waals surface area (Å²) in [6, 6.07) is 7.56. The van der Waals surface area contributed by atoms with E-state index in [1.54, 1.807) is 38.6 Å². The molecule has 0 aliphatic carbocycles. The zero-order valence-corrected chi connectivity index (χ0v) is 15.1. The smallest absolute Gasteiger partial charge is 0.670 e. The normalized spacial score (nSPS) is 5.11. The molecule has 0 aliphatic rings. The first-order valence-corrected chi connectivity index (χ1v) is 4.45. The van der Waals surface area contributed by atoms with E-state index in [4.69, 9.17) is 0 Å². The molecule has 4 heteroatoms. The van der Waals surface area contributed by atoms with Gasteiger partial charge in [0.15, 0.2) is 0 Å². The fourth-order valence-electron chi connectivity index (χ4n) is 0.497. The molecule has 2 nitrogen and oxygen atoms in total. The van der Waals surface area contributed by atoms with Crippen LogP contribution in [0.15, 0.2) is 49.1 Å². The van der Waals surface area contributed by atoms with E-state index < -0.39 is 0 Å². The second-order valence-electron chi connectivity index (χ2n) is 1.66. The summed E-state index contributed by atoms with van der Waals surface area (Å²) in [6.07, 6.45) is 7.00. The third kappa shape index (κ3) is 36.0. The molecule has 2 aromatic heterocycles. The zero-order valence-electron chi connectivity index (χ0n) is 11.6. The predicted molar refractivity (Wildman–Crippen MR) is 74.4 cm³/mol. The molecule has 0 unspecified atom stereocenters. The van der Waals surface area contributed by atoms with Crippen molar-refractivity contribution in [2.45, 2.75) is 13.8 Å². The fourth-order valence-corrected chi connectivity index (χ4v) is 0.497. The Hall–Kier alpha value is -0.193. The van der Waals surface area contributed by atoms with Crippen molar-refractivity contribution in [1.82, 2.24) is 9.97 Å². The third-order valence-electron chi connectivity index (χ3n) is 0.911. The van der Waals surface area contributed by atoms with Gasteiger partial charge < -0.3 is 38.7 Å². The van der Waals surface area contributed by atoms with Gasteiger partial charge in [-0.25, -0.2) is 0 Å². The second-order valence-corrected chi connectivity index (χ2v) is 1.66. The van der Waals surface area contributed by atoms with Gasteiger partial charge in [-0.1, -0.05) is 24.3 Å². The molecule has 0 saturated carbocycles. The van der Waals surface area contributed by atoms with E-state index in [9.17, 15) is 0 Å². The Balaban J connectivity index is -0.0000000268. The molecule has 0 atom stereocenters. The van der Waals surface area contributed by atoms with Crippen LogP contribution in [0.3, 0.4) is 0 Å². The van der Waals surface area contributed by atoms with Crippen LogP contribution in [0.5, 0.6) is 0 Å². The Bertz CT molecular complexity index is 157. The molecule has 2 heterocycles. The maximum absolute atomic E-state index is 3.72. The van der Waals surface area contributed by atoms with Crippen LogP contribution in [0, 0.1) is 28.7 Å². The number of aromatic nitrogens is 2. The van der Waals surface area contributed by atoms with Crippen LogP contribution < -0.4 is 9.97 Å². The van der Waals surface area contributed by atoms with Crippen molar-refractivity contribution in [2.24, 2.45) is 0 Å². The summed E-state index contributed by atoms with van der Waals surface area (Å²) in [5.74, 6) is 0. The first kappa shape index (κ1) is 36.1. The van der Waals surface area contributed by atoms with E-state index in [0.29, 0.717) is 0 Å². The minimum atomic E-state index is 0. The third-order valence-corrected chi connectivity index (χ3v) is 0.911. The van der Waals surface area contributed by atoms with Crippen molar-refractivity contribution in [3.8, 4) is 0 Å². The van der Waals surface area contributed by atoms with Gasteiger partial charge in [-0.05, 0) is 0 Å². The van der Waals surface area contributed by atoms with Crippen LogP contribution in [-0.4, -0.2) is 0 Å². The van der Waals surface area contributed by atoms with Crippen molar-refractivity contribution in [1.29, 1.82) is 0 Å². The maximum atomic E-state index is 3.72. The molecule has 0 radical (unpaired) electrons. The monoisotopic (exact) mass is 424 g/mol. The molecule has 0 aromatic carbocycles. The topological polar surface area (TPSA) is 28.2 Å². The summed E-state index contributed by atoms with van der Waals surface area (Å²) in [7, 11) is 0. The molecular formula is C14H24N2Ru2. The van der Waals surface area contributed by atoms with Gasteiger partial charge in [0.05, 0.1) is 0 Å². The van der Waals surface area contributed by atoms with Gasteiger partial charge >= 0.3 is 19.5 Å². The summed E-state index contributed by atoms with van der Waals surface area (Å²) in [5, 5.41) is 0. The van der Waals surface area contributed by atoms with Crippen molar-refractivity contribution < 1.29 is 39.0 Å². The van der Waals surface area contributed by atoms with Gasteiger partial charge in [0.2, 0.25) is 0 Å². The van der Waals surface area contributed by atoms with Crippen LogP contribution >= 0.6 is 0 Å². The number of nitrogens with zero attached hydrogens (tertiary/aromatic N) is 2. The molecule has 0 aliphatic heterocycles. The van der Waals surface area contributed by atoms with Crippen molar-refractivity contribution in [3.63, 3.8) is 0 Å². The molecule has 0 N–H and O–H groups in total. The molecule has 18 heavy (non-hydrogen) atoms. The van der Waals surface area contributed by atoms with Gasteiger partial charge in [0.1, 0.15) is 0 Å². The van der Waals surface area contributed by atoms with Gasteiger partial charge in [0, 0.05) is 19.5 Å². The predicted octanol–water partition coefficient (Wildman–Crippen LogP) is 3.86. The molecule has 2 rings (SSSR count). The molecule has 0 bridgehead atoms. The van der Waals surface area contributed by atoms with Crippen molar-refractivity contribution in [2.75, 3.05) is 0 Å².